The number of hydrogen-bond acceptors (Lipinski definition) is 4. The summed E-state index contributed by atoms with van der Waals surface area (Å²) >= 11 is 5.81. The van der Waals surface area contributed by atoms with Gasteiger partial charge in [0.25, 0.3) is 5.91 Å². The molecule has 0 unspecified atom stereocenters. The van der Waals surface area contributed by atoms with E-state index >= 15 is 0 Å². The second-order valence-electron chi connectivity index (χ2n) is 5.78. The number of aliphatic hydroxyl groups is 1. The monoisotopic (exact) mass is 334 g/mol. The third-order valence-electron chi connectivity index (χ3n) is 4.10. The van der Waals surface area contributed by atoms with Crippen molar-refractivity contribution in [3.05, 3.63) is 59.0 Å². The van der Waals surface area contributed by atoms with Gasteiger partial charge < -0.3 is 14.8 Å². The summed E-state index contributed by atoms with van der Waals surface area (Å²) in [5, 5.41) is 12.9. The molecule has 122 valence electrons. The number of carbonyl (C=O) groups excluding carboxylic acids is 1. The summed E-state index contributed by atoms with van der Waals surface area (Å²) in [5.74, 6) is -0.259. The first kappa shape index (κ1) is 16.1. The Labute approximate surface area is 139 Å². The van der Waals surface area contributed by atoms with Crippen molar-refractivity contribution in [3.63, 3.8) is 0 Å². The molecule has 1 amide bonds. The van der Waals surface area contributed by atoms with Crippen LogP contribution in [-0.2, 0) is 6.54 Å². The smallest absolute Gasteiger partial charge is 0.256 e. The summed E-state index contributed by atoms with van der Waals surface area (Å²) in [5.41, 5.74) is 1.52. The normalized spacial score (nSPS) is 21.5. The average molecular weight is 335 g/mol. The van der Waals surface area contributed by atoms with Gasteiger partial charge in [0.15, 0.2) is 0 Å². The van der Waals surface area contributed by atoms with E-state index in [0.29, 0.717) is 25.1 Å². The maximum Gasteiger partial charge on any atom is 0.256 e. The van der Waals surface area contributed by atoms with Crippen LogP contribution in [0.2, 0.25) is 5.22 Å². The fraction of sp³-hybridized carbons (Fsp3) is 0.353. The van der Waals surface area contributed by atoms with Crippen molar-refractivity contribution in [2.45, 2.75) is 25.1 Å². The number of hydrogen-bond donors (Lipinski definition) is 2. The number of β-amino-alcohol motifs (C(OH)–C–C–N with tert-alkyl or cyclic N) is 1. The largest absolute Gasteiger partial charge is 0.452 e. The summed E-state index contributed by atoms with van der Waals surface area (Å²) in [6.07, 6.45) is 1.67. The quantitative estimate of drug-likeness (QED) is 0.880. The molecule has 23 heavy (non-hydrogen) atoms. The van der Waals surface area contributed by atoms with Crippen molar-refractivity contribution >= 4 is 17.5 Å². The molecule has 0 aliphatic carbocycles. The number of nitrogens with one attached hydrogen (secondary N) is 1. The van der Waals surface area contributed by atoms with Crippen LogP contribution in [0.1, 0.15) is 22.3 Å². The van der Waals surface area contributed by atoms with E-state index in [0.717, 1.165) is 6.54 Å². The standard InChI is InChI=1S/C17H19ClN2O3/c18-16-15(6-7-23-16)17(22)19-9-13-8-14(21)11-20(13)10-12-4-2-1-3-5-12/h1-7,13-14,21H,8-11H2,(H,19,22)/t13-,14+/m0/s1. The molecule has 1 aliphatic rings. The van der Waals surface area contributed by atoms with Crippen LogP contribution in [-0.4, -0.2) is 41.1 Å². The van der Waals surface area contributed by atoms with E-state index in [2.05, 4.69) is 22.3 Å². The molecular formula is C17H19ClN2O3. The molecule has 0 radical (unpaired) electrons. The molecule has 0 saturated carbocycles. The van der Waals surface area contributed by atoms with Crippen LogP contribution in [0.25, 0.3) is 0 Å². The highest BCUT2D eigenvalue weighted by molar-refractivity contribution is 6.32. The number of benzene rings is 1. The van der Waals surface area contributed by atoms with Crippen molar-refractivity contribution in [2.24, 2.45) is 0 Å². The van der Waals surface area contributed by atoms with Gasteiger partial charge in [-0.1, -0.05) is 30.3 Å². The van der Waals surface area contributed by atoms with Crippen LogP contribution in [0.3, 0.4) is 0 Å². The first-order valence-electron chi connectivity index (χ1n) is 7.60. The Balaban J connectivity index is 1.59. The Hall–Kier alpha value is -1.82. The van der Waals surface area contributed by atoms with E-state index in [1.165, 1.54) is 11.8 Å². The minimum atomic E-state index is -0.363. The number of nitrogens with zero attached hydrogens (tertiary/aromatic N) is 1. The summed E-state index contributed by atoms with van der Waals surface area (Å²) in [6, 6.07) is 11.7. The van der Waals surface area contributed by atoms with Gasteiger partial charge in [-0.05, 0) is 29.7 Å². The first-order valence-corrected chi connectivity index (χ1v) is 7.98. The van der Waals surface area contributed by atoms with E-state index in [9.17, 15) is 9.90 Å². The molecule has 2 N–H and O–H groups in total. The predicted octanol–water partition coefficient (Wildman–Crippen LogP) is 2.30. The number of rotatable bonds is 5. The number of furan rings is 1. The third-order valence-corrected chi connectivity index (χ3v) is 4.39. The van der Waals surface area contributed by atoms with E-state index in [4.69, 9.17) is 16.0 Å². The first-order chi connectivity index (χ1) is 11.1. The van der Waals surface area contributed by atoms with Crippen LogP contribution in [0.5, 0.6) is 0 Å². The Kier molecular flexibility index (Phi) is 5.00. The minimum Gasteiger partial charge on any atom is -0.452 e. The molecule has 3 rings (SSSR count). The highest BCUT2D eigenvalue weighted by Gasteiger charge is 2.31. The Bertz CT molecular complexity index is 659. The van der Waals surface area contributed by atoms with E-state index < -0.39 is 0 Å². The fourth-order valence-electron chi connectivity index (χ4n) is 2.94. The zero-order chi connectivity index (χ0) is 16.2. The van der Waals surface area contributed by atoms with Gasteiger partial charge in [-0.2, -0.15) is 0 Å². The third kappa shape index (κ3) is 3.93. The van der Waals surface area contributed by atoms with E-state index in [1.807, 2.05) is 18.2 Å². The number of halogens is 1. The summed E-state index contributed by atoms with van der Waals surface area (Å²) in [7, 11) is 0. The maximum atomic E-state index is 12.1. The number of likely N-dealkylation sites (tertiary alicyclic amines) is 1. The zero-order valence-corrected chi connectivity index (χ0v) is 13.4. The molecule has 1 aromatic heterocycles. The number of carbonyl (C=O) groups is 1. The molecule has 0 spiro atoms. The SMILES string of the molecule is O=C(NC[C@@H]1C[C@@H](O)CN1Cc1ccccc1)c1ccoc1Cl. The summed E-state index contributed by atoms with van der Waals surface area (Å²) in [6.45, 7) is 1.83. The molecular weight excluding hydrogens is 316 g/mol. The van der Waals surface area contributed by atoms with Crippen LogP contribution in [0.15, 0.2) is 47.1 Å². The lowest BCUT2D eigenvalue weighted by molar-refractivity contribution is 0.0939. The van der Waals surface area contributed by atoms with Gasteiger partial charge in [-0.15, -0.1) is 0 Å². The molecule has 2 aromatic rings. The molecule has 1 aromatic carbocycles. The highest BCUT2D eigenvalue weighted by Crippen LogP contribution is 2.21. The van der Waals surface area contributed by atoms with Crippen molar-refractivity contribution in [1.82, 2.24) is 10.2 Å². The Morgan fingerprint density at radius 3 is 2.83 bits per heavy atom. The van der Waals surface area contributed by atoms with Crippen molar-refractivity contribution in [1.29, 1.82) is 0 Å². The Morgan fingerprint density at radius 2 is 2.13 bits per heavy atom. The van der Waals surface area contributed by atoms with Gasteiger partial charge >= 0.3 is 0 Å². The molecule has 2 atom stereocenters. The van der Waals surface area contributed by atoms with Gasteiger partial charge in [-0.3, -0.25) is 9.69 Å². The molecule has 2 heterocycles. The van der Waals surface area contributed by atoms with Crippen LogP contribution < -0.4 is 5.32 Å². The van der Waals surface area contributed by atoms with Gasteiger partial charge in [0.2, 0.25) is 5.22 Å². The molecule has 1 aliphatic heterocycles. The van der Waals surface area contributed by atoms with Gasteiger partial charge in [0, 0.05) is 25.7 Å². The van der Waals surface area contributed by atoms with Gasteiger partial charge in [0.1, 0.15) is 0 Å². The lowest BCUT2D eigenvalue weighted by Gasteiger charge is -2.24. The van der Waals surface area contributed by atoms with Crippen LogP contribution in [0.4, 0.5) is 0 Å². The van der Waals surface area contributed by atoms with Crippen molar-refractivity contribution < 1.29 is 14.3 Å². The maximum absolute atomic E-state index is 12.1. The molecule has 5 nitrogen and oxygen atoms in total. The number of aliphatic hydroxyl groups excluding tert-OH is 1. The number of amides is 1. The molecule has 1 fully saturated rings. The molecule has 6 heteroatoms. The highest BCUT2D eigenvalue weighted by atomic mass is 35.5. The molecule has 1 saturated heterocycles. The zero-order valence-electron chi connectivity index (χ0n) is 12.6. The topological polar surface area (TPSA) is 65.7 Å². The van der Waals surface area contributed by atoms with E-state index in [1.54, 1.807) is 6.07 Å². The lowest BCUT2D eigenvalue weighted by Crippen LogP contribution is -2.39. The van der Waals surface area contributed by atoms with Gasteiger partial charge in [-0.25, -0.2) is 0 Å². The summed E-state index contributed by atoms with van der Waals surface area (Å²) < 4.78 is 4.93. The van der Waals surface area contributed by atoms with Crippen LogP contribution in [0, 0.1) is 0 Å². The second kappa shape index (κ2) is 7.17. The van der Waals surface area contributed by atoms with E-state index in [-0.39, 0.29) is 23.3 Å². The van der Waals surface area contributed by atoms with Crippen molar-refractivity contribution in [3.8, 4) is 0 Å². The lowest BCUT2D eigenvalue weighted by atomic mass is 10.1. The van der Waals surface area contributed by atoms with Crippen molar-refractivity contribution in [2.75, 3.05) is 13.1 Å². The minimum absolute atomic E-state index is 0.0927. The van der Waals surface area contributed by atoms with Crippen LogP contribution >= 0.6 is 11.6 Å². The fourth-order valence-corrected chi connectivity index (χ4v) is 3.14. The van der Waals surface area contributed by atoms with Gasteiger partial charge in [0.05, 0.1) is 17.9 Å². The average Bonchev–Trinajstić information content (AvgIpc) is 3.12. The molecule has 0 bridgehead atoms. The summed E-state index contributed by atoms with van der Waals surface area (Å²) in [4.78, 5) is 14.3. The second-order valence-corrected chi connectivity index (χ2v) is 6.12. The Morgan fingerprint density at radius 1 is 1.35 bits per heavy atom. The predicted molar refractivity (Wildman–Crippen MR) is 87.3 cm³/mol.